The van der Waals surface area contributed by atoms with Gasteiger partial charge in [0.15, 0.2) is 0 Å². The molecule has 0 spiro atoms. The molecular formula is C20H20FNO3. The molecule has 1 aliphatic rings. The van der Waals surface area contributed by atoms with Crippen LogP contribution in [-0.2, 0) is 16.8 Å². The van der Waals surface area contributed by atoms with Crippen LogP contribution in [0.25, 0.3) is 0 Å². The van der Waals surface area contributed by atoms with Crippen molar-refractivity contribution in [2.45, 2.75) is 31.2 Å². The highest BCUT2D eigenvalue weighted by atomic mass is 19.1. The van der Waals surface area contributed by atoms with Crippen LogP contribution in [0.3, 0.4) is 0 Å². The number of halogens is 1. The van der Waals surface area contributed by atoms with Gasteiger partial charge in [0.2, 0.25) is 5.91 Å². The Morgan fingerprint density at radius 1 is 1.16 bits per heavy atom. The molecule has 5 heteroatoms. The fourth-order valence-corrected chi connectivity index (χ4v) is 3.41. The summed E-state index contributed by atoms with van der Waals surface area (Å²) < 4.78 is 13.6. The molecular weight excluding hydrogens is 321 g/mol. The number of carbonyl (C=O) groups excluding carboxylic acids is 1. The van der Waals surface area contributed by atoms with Gasteiger partial charge in [0.05, 0.1) is 11.0 Å². The van der Waals surface area contributed by atoms with Crippen LogP contribution in [0.2, 0.25) is 0 Å². The summed E-state index contributed by atoms with van der Waals surface area (Å²) in [6.45, 7) is 0.385. The number of rotatable bonds is 5. The summed E-state index contributed by atoms with van der Waals surface area (Å²) in [5.74, 6) is -1.33. The first-order valence-corrected chi connectivity index (χ1v) is 8.26. The Bertz CT molecular complexity index is 797. The van der Waals surface area contributed by atoms with E-state index in [0.717, 1.165) is 30.4 Å². The number of aromatic carboxylic acids is 1. The maximum Gasteiger partial charge on any atom is 0.335 e. The van der Waals surface area contributed by atoms with Crippen LogP contribution in [0.4, 0.5) is 4.39 Å². The van der Waals surface area contributed by atoms with E-state index in [0.29, 0.717) is 6.54 Å². The third-order valence-electron chi connectivity index (χ3n) is 4.96. The summed E-state index contributed by atoms with van der Waals surface area (Å²) in [6, 6.07) is 12.8. The quantitative estimate of drug-likeness (QED) is 0.904. The molecule has 0 aliphatic heterocycles. The van der Waals surface area contributed by atoms with E-state index in [9.17, 15) is 14.0 Å². The summed E-state index contributed by atoms with van der Waals surface area (Å²) in [7, 11) is 1.73. The Balaban J connectivity index is 1.78. The minimum atomic E-state index is -0.976. The molecule has 130 valence electrons. The van der Waals surface area contributed by atoms with E-state index in [1.165, 1.54) is 24.3 Å². The molecule has 0 heterocycles. The lowest BCUT2D eigenvalue weighted by Crippen LogP contribution is -2.49. The monoisotopic (exact) mass is 341 g/mol. The number of carboxylic acid groups (broad SMARTS) is 1. The average Bonchev–Trinajstić information content (AvgIpc) is 2.54. The molecule has 2 aromatic rings. The number of likely N-dealkylation sites (N-methyl/N-ethyl adjacent to an activating group) is 1. The second-order valence-corrected chi connectivity index (χ2v) is 6.61. The molecule has 0 unspecified atom stereocenters. The normalized spacial score (nSPS) is 15.3. The van der Waals surface area contributed by atoms with Gasteiger partial charge in [-0.2, -0.15) is 0 Å². The van der Waals surface area contributed by atoms with Gasteiger partial charge in [-0.3, -0.25) is 4.79 Å². The van der Waals surface area contributed by atoms with Crippen molar-refractivity contribution in [3.8, 4) is 0 Å². The lowest BCUT2D eigenvalue weighted by atomic mass is 9.63. The van der Waals surface area contributed by atoms with Crippen molar-refractivity contribution in [3.05, 3.63) is 71.0 Å². The van der Waals surface area contributed by atoms with Crippen LogP contribution >= 0.6 is 0 Å². The van der Waals surface area contributed by atoms with Gasteiger partial charge in [-0.15, -0.1) is 0 Å². The number of amides is 1. The zero-order valence-electron chi connectivity index (χ0n) is 14.0. The highest BCUT2D eigenvalue weighted by Gasteiger charge is 2.47. The number of nitrogens with zero attached hydrogens (tertiary/aromatic N) is 1. The van der Waals surface area contributed by atoms with Gasteiger partial charge in [0.25, 0.3) is 0 Å². The minimum Gasteiger partial charge on any atom is -0.478 e. The predicted octanol–water partition coefficient (Wildman–Crippen LogP) is 3.60. The maximum absolute atomic E-state index is 13.6. The fraction of sp³-hybridized carbons (Fsp3) is 0.300. The molecule has 2 aromatic carbocycles. The Hall–Kier alpha value is -2.69. The van der Waals surface area contributed by atoms with Crippen LogP contribution in [0, 0.1) is 5.82 Å². The third kappa shape index (κ3) is 3.27. The van der Waals surface area contributed by atoms with E-state index in [1.54, 1.807) is 30.1 Å². The highest BCUT2D eigenvalue weighted by molar-refractivity contribution is 5.89. The SMILES string of the molecule is CN(Cc1ccc(C(=O)O)cc1)C(=O)C1(c2cccc(F)c2)CCC1. The van der Waals surface area contributed by atoms with Gasteiger partial charge in [-0.1, -0.05) is 30.7 Å². The van der Waals surface area contributed by atoms with Gasteiger partial charge in [-0.25, -0.2) is 9.18 Å². The van der Waals surface area contributed by atoms with Gasteiger partial charge >= 0.3 is 5.97 Å². The molecule has 1 fully saturated rings. The van der Waals surface area contributed by atoms with E-state index in [4.69, 9.17) is 5.11 Å². The van der Waals surface area contributed by atoms with Crippen LogP contribution in [-0.4, -0.2) is 28.9 Å². The molecule has 1 saturated carbocycles. The Labute approximate surface area is 145 Å². The third-order valence-corrected chi connectivity index (χ3v) is 4.96. The van der Waals surface area contributed by atoms with E-state index in [-0.39, 0.29) is 17.3 Å². The Kier molecular flexibility index (Phi) is 4.57. The smallest absolute Gasteiger partial charge is 0.335 e. The van der Waals surface area contributed by atoms with Crippen molar-refractivity contribution in [2.75, 3.05) is 7.05 Å². The van der Waals surface area contributed by atoms with Gasteiger partial charge < -0.3 is 10.0 Å². The molecule has 1 amide bonds. The van der Waals surface area contributed by atoms with Gasteiger partial charge in [0, 0.05) is 13.6 Å². The second-order valence-electron chi connectivity index (χ2n) is 6.61. The zero-order valence-corrected chi connectivity index (χ0v) is 14.0. The second kappa shape index (κ2) is 6.67. The largest absolute Gasteiger partial charge is 0.478 e. The van der Waals surface area contributed by atoms with Crippen molar-refractivity contribution in [3.63, 3.8) is 0 Å². The average molecular weight is 341 g/mol. The lowest BCUT2D eigenvalue weighted by molar-refractivity contribution is -0.140. The first-order chi connectivity index (χ1) is 11.9. The zero-order chi connectivity index (χ0) is 18.0. The number of hydrogen-bond acceptors (Lipinski definition) is 2. The van der Waals surface area contributed by atoms with Crippen molar-refractivity contribution in [1.82, 2.24) is 4.90 Å². The van der Waals surface area contributed by atoms with E-state index >= 15 is 0 Å². The minimum absolute atomic E-state index is 0.0216. The highest BCUT2D eigenvalue weighted by Crippen LogP contribution is 2.45. The predicted molar refractivity (Wildman–Crippen MR) is 91.8 cm³/mol. The lowest BCUT2D eigenvalue weighted by Gasteiger charge is -2.43. The van der Waals surface area contributed by atoms with E-state index in [1.807, 2.05) is 6.07 Å². The first-order valence-electron chi connectivity index (χ1n) is 8.26. The van der Waals surface area contributed by atoms with Crippen LogP contribution in [0.5, 0.6) is 0 Å². The van der Waals surface area contributed by atoms with Crippen LogP contribution in [0.15, 0.2) is 48.5 Å². The number of carbonyl (C=O) groups is 2. The Morgan fingerprint density at radius 3 is 2.36 bits per heavy atom. The summed E-state index contributed by atoms with van der Waals surface area (Å²) >= 11 is 0. The molecule has 4 nitrogen and oxygen atoms in total. The molecule has 0 saturated heterocycles. The summed E-state index contributed by atoms with van der Waals surface area (Å²) in [6.07, 6.45) is 2.39. The molecule has 3 rings (SSSR count). The maximum atomic E-state index is 13.6. The molecule has 25 heavy (non-hydrogen) atoms. The summed E-state index contributed by atoms with van der Waals surface area (Å²) in [5.41, 5.74) is 1.16. The fourth-order valence-electron chi connectivity index (χ4n) is 3.41. The molecule has 1 aliphatic carbocycles. The molecule has 0 bridgehead atoms. The first kappa shape index (κ1) is 17.1. The van der Waals surface area contributed by atoms with Crippen LogP contribution < -0.4 is 0 Å². The summed E-state index contributed by atoms with van der Waals surface area (Å²) in [4.78, 5) is 25.6. The van der Waals surface area contributed by atoms with Crippen molar-refractivity contribution in [2.24, 2.45) is 0 Å². The number of benzene rings is 2. The topological polar surface area (TPSA) is 57.6 Å². The van der Waals surface area contributed by atoms with Crippen molar-refractivity contribution in [1.29, 1.82) is 0 Å². The summed E-state index contributed by atoms with van der Waals surface area (Å²) in [5, 5.41) is 8.95. The van der Waals surface area contributed by atoms with Gasteiger partial charge in [0.1, 0.15) is 5.82 Å². The van der Waals surface area contributed by atoms with Crippen molar-refractivity contribution >= 4 is 11.9 Å². The number of hydrogen-bond donors (Lipinski definition) is 1. The van der Waals surface area contributed by atoms with Gasteiger partial charge in [-0.05, 0) is 48.2 Å². The standard InChI is InChI=1S/C20H20FNO3/c1-22(13-14-6-8-15(9-7-14)18(23)24)19(25)20(10-3-11-20)16-4-2-5-17(21)12-16/h2,4-9,12H,3,10-11,13H2,1H3,(H,23,24). The number of carboxylic acids is 1. The molecule has 0 radical (unpaired) electrons. The molecule has 0 atom stereocenters. The van der Waals surface area contributed by atoms with Crippen molar-refractivity contribution < 1.29 is 19.1 Å². The van der Waals surface area contributed by atoms with Crippen LogP contribution in [0.1, 0.15) is 40.7 Å². The Morgan fingerprint density at radius 2 is 1.84 bits per heavy atom. The van der Waals surface area contributed by atoms with E-state index < -0.39 is 11.4 Å². The van der Waals surface area contributed by atoms with E-state index in [2.05, 4.69) is 0 Å². The molecule has 1 N–H and O–H groups in total. The molecule has 0 aromatic heterocycles.